The molecule has 3 rings (SSSR count). The number of nitrogens with one attached hydrogen (secondary N) is 1. The molecule has 1 amide bonds. The Kier molecular flexibility index (Phi) is 5.12. The monoisotopic (exact) mass is 348 g/mol. The molecular formula is C20H16N2O2S. The minimum absolute atomic E-state index is 0.104. The van der Waals surface area contributed by atoms with E-state index in [0.717, 1.165) is 21.8 Å². The van der Waals surface area contributed by atoms with Crippen LogP contribution in [-0.4, -0.2) is 13.0 Å². The van der Waals surface area contributed by atoms with E-state index in [4.69, 9.17) is 10.00 Å². The fraction of sp³-hybridized carbons (Fsp3) is 0.100. The van der Waals surface area contributed by atoms with Crippen LogP contribution in [0.1, 0.15) is 20.8 Å². The van der Waals surface area contributed by atoms with Crippen LogP contribution in [0.15, 0.2) is 60.7 Å². The predicted octanol–water partition coefficient (Wildman–Crippen LogP) is 4.23. The summed E-state index contributed by atoms with van der Waals surface area (Å²) in [7, 11) is 1.62. The molecule has 1 heterocycles. The topological polar surface area (TPSA) is 62.1 Å². The SMILES string of the molecule is COc1cccc(CNC(=O)c2ccc(-c3ccc(C#N)cc3)s2)c1. The lowest BCUT2D eigenvalue weighted by molar-refractivity contribution is 0.0955. The van der Waals surface area contributed by atoms with Crippen LogP contribution >= 0.6 is 11.3 Å². The Morgan fingerprint density at radius 3 is 2.68 bits per heavy atom. The summed E-state index contributed by atoms with van der Waals surface area (Å²) in [5.74, 6) is 0.665. The van der Waals surface area contributed by atoms with Crippen LogP contribution in [0.25, 0.3) is 10.4 Å². The summed E-state index contributed by atoms with van der Waals surface area (Å²) < 4.78 is 5.18. The second kappa shape index (κ2) is 7.65. The highest BCUT2D eigenvalue weighted by atomic mass is 32.1. The average Bonchev–Trinajstić information content (AvgIpc) is 3.16. The lowest BCUT2D eigenvalue weighted by Crippen LogP contribution is -2.21. The van der Waals surface area contributed by atoms with E-state index >= 15 is 0 Å². The standard InChI is InChI=1S/C20H16N2O2S/c1-24-17-4-2-3-15(11-17)13-22-20(23)19-10-9-18(25-19)16-7-5-14(12-21)6-8-16/h2-11H,13H2,1H3,(H,22,23). The molecule has 0 unspecified atom stereocenters. The number of hydrogen-bond donors (Lipinski definition) is 1. The maximum Gasteiger partial charge on any atom is 0.261 e. The Labute approximate surface area is 150 Å². The van der Waals surface area contributed by atoms with Gasteiger partial charge in [-0.05, 0) is 47.5 Å². The van der Waals surface area contributed by atoms with Crippen molar-refractivity contribution in [1.29, 1.82) is 5.26 Å². The maximum atomic E-state index is 12.3. The van der Waals surface area contributed by atoms with Gasteiger partial charge in [0.1, 0.15) is 5.75 Å². The number of hydrogen-bond acceptors (Lipinski definition) is 4. The highest BCUT2D eigenvalue weighted by Crippen LogP contribution is 2.28. The summed E-state index contributed by atoms with van der Waals surface area (Å²) in [5.41, 5.74) is 2.60. The van der Waals surface area contributed by atoms with Gasteiger partial charge < -0.3 is 10.1 Å². The highest BCUT2D eigenvalue weighted by Gasteiger charge is 2.10. The van der Waals surface area contributed by atoms with E-state index in [1.54, 1.807) is 19.2 Å². The molecule has 0 aliphatic rings. The molecule has 2 aromatic carbocycles. The smallest absolute Gasteiger partial charge is 0.261 e. The molecular weight excluding hydrogens is 332 g/mol. The Balaban J connectivity index is 1.66. The third kappa shape index (κ3) is 4.06. The summed E-state index contributed by atoms with van der Waals surface area (Å²) >= 11 is 1.43. The molecule has 0 saturated carbocycles. The van der Waals surface area contributed by atoms with Crippen LogP contribution in [0.4, 0.5) is 0 Å². The molecule has 0 aliphatic carbocycles. The molecule has 1 aromatic heterocycles. The molecule has 1 N–H and O–H groups in total. The number of benzene rings is 2. The Hall–Kier alpha value is -3.10. The molecule has 4 nitrogen and oxygen atoms in total. The number of carbonyl (C=O) groups is 1. The summed E-state index contributed by atoms with van der Waals surface area (Å²) in [6, 6.07) is 20.8. The van der Waals surface area contributed by atoms with E-state index < -0.39 is 0 Å². The number of rotatable bonds is 5. The quantitative estimate of drug-likeness (QED) is 0.751. The van der Waals surface area contributed by atoms with Crippen LogP contribution in [0.5, 0.6) is 5.75 Å². The van der Waals surface area contributed by atoms with Crippen LogP contribution in [0.3, 0.4) is 0 Å². The minimum atomic E-state index is -0.104. The molecule has 124 valence electrons. The molecule has 0 fully saturated rings. The van der Waals surface area contributed by atoms with Gasteiger partial charge in [0.05, 0.1) is 23.6 Å². The van der Waals surface area contributed by atoms with Gasteiger partial charge in [-0.15, -0.1) is 11.3 Å². The lowest BCUT2D eigenvalue weighted by Gasteiger charge is -2.06. The van der Waals surface area contributed by atoms with Gasteiger partial charge in [-0.1, -0.05) is 24.3 Å². The van der Waals surface area contributed by atoms with Gasteiger partial charge in [-0.25, -0.2) is 0 Å². The van der Waals surface area contributed by atoms with E-state index in [2.05, 4.69) is 11.4 Å². The van der Waals surface area contributed by atoms with Gasteiger partial charge in [0.2, 0.25) is 0 Å². The van der Waals surface area contributed by atoms with Gasteiger partial charge >= 0.3 is 0 Å². The summed E-state index contributed by atoms with van der Waals surface area (Å²) in [6.07, 6.45) is 0. The third-order valence-electron chi connectivity index (χ3n) is 3.72. The van der Waals surface area contributed by atoms with Crippen molar-refractivity contribution in [2.75, 3.05) is 7.11 Å². The molecule has 0 spiro atoms. The minimum Gasteiger partial charge on any atom is -0.497 e. The van der Waals surface area contributed by atoms with Gasteiger partial charge in [0, 0.05) is 11.4 Å². The van der Waals surface area contributed by atoms with Crippen molar-refractivity contribution in [1.82, 2.24) is 5.32 Å². The van der Waals surface area contributed by atoms with E-state index in [1.165, 1.54) is 11.3 Å². The van der Waals surface area contributed by atoms with Gasteiger partial charge in [0.15, 0.2) is 0 Å². The predicted molar refractivity (Wildman–Crippen MR) is 98.6 cm³/mol. The van der Waals surface area contributed by atoms with Gasteiger partial charge in [-0.3, -0.25) is 4.79 Å². The number of amides is 1. The first-order valence-corrected chi connectivity index (χ1v) is 8.53. The van der Waals surface area contributed by atoms with Crippen molar-refractivity contribution in [3.63, 3.8) is 0 Å². The van der Waals surface area contributed by atoms with Crippen molar-refractivity contribution >= 4 is 17.2 Å². The molecule has 0 saturated heterocycles. The molecule has 0 bridgehead atoms. The fourth-order valence-corrected chi connectivity index (χ4v) is 3.30. The normalized spacial score (nSPS) is 10.1. The zero-order valence-electron chi connectivity index (χ0n) is 13.7. The lowest BCUT2D eigenvalue weighted by atomic mass is 10.1. The fourth-order valence-electron chi connectivity index (χ4n) is 2.38. The number of methoxy groups -OCH3 is 1. The summed E-state index contributed by atoms with van der Waals surface area (Å²) in [6.45, 7) is 0.445. The Morgan fingerprint density at radius 1 is 1.16 bits per heavy atom. The maximum absolute atomic E-state index is 12.3. The van der Waals surface area contributed by atoms with Gasteiger partial charge in [0.25, 0.3) is 5.91 Å². The molecule has 0 aliphatic heterocycles. The number of nitrogens with zero attached hydrogens (tertiary/aromatic N) is 1. The van der Waals surface area contributed by atoms with E-state index in [-0.39, 0.29) is 5.91 Å². The molecule has 0 radical (unpaired) electrons. The average molecular weight is 348 g/mol. The van der Waals surface area contributed by atoms with Crippen molar-refractivity contribution in [3.05, 3.63) is 76.7 Å². The van der Waals surface area contributed by atoms with Crippen molar-refractivity contribution in [3.8, 4) is 22.3 Å². The van der Waals surface area contributed by atoms with Crippen LogP contribution < -0.4 is 10.1 Å². The number of thiophene rings is 1. The Morgan fingerprint density at radius 2 is 1.96 bits per heavy atom. The van der Waals surface area contributed by atoms with Crippen molar-refractivity contribution in [2.24, 2.45) is 0 Å². The highest BCUT2D eigenvalue weighted by molar-refractivity contribution is 7.17. The summed E-state index contributed by atoms with van der Waals surface area (Å²) in [4.78, 5) is 14.0. The van der Waals surface area contributed by atoms with Crippen LogP contribution in [-0.2, 0) is 6.54 Å². The van der Waals surface area contributed by atoms with Gasteiger partial charge in [-0.2, -0.15) is 5.26 Å². The zero-order chi connectivity index (χ0) is 17.6. The van der Waals surface area contributed by atoms with Crippen LogP contribution in [0, 0.1) is 11.3 Å². The second-order valence-corrected chi connectivity index (χ2v) is 6.47. The van der Waals surface area contributed by atoms with E-state index in [1.807, 2.05) is 48.5 Å². The van der Waals surface area contributed by atoms with Crippen molar-refractivity contribution < 1.29 is 9.53 Å². The van der Waals surface area contributed by atoms with E-state index in [0.29, 0.717) is 17.0 Å². The molecule has 3 aromatic rings. The summed E-state index contributed by atoms with van der Waals surface area (Å²) in [5, 5.41) is 11.8. The zero-order valence-corrected chi connectivity index (χ0v) is 14.5. The molecule has 25 heavy (non-hydrogen) atoms. The van der Waals surface area contributed by atoms with Crippen molar-refractivity contribution in [2.45, 2.75) is 6.54 Å². The number of nitriles is 1. The first-order chi connectivity index (χ1) is 12.2. The first-order valence-electron chi connectivity index (χ1n) is 7.71. The number of ether oxygens (including phenoxy) is 1. The first kappa shape index (κ1) is 16.7. The van der Waals surface area contributed by atoms with E-state index in [9.17, 15) is 4.79 Å². The van der Waals surface area contributed by atoms with Crippen LogP contribution in [0.2, 0.25) is 0 Å². The largest absolute Gasteiger partial charge is 0.497 e. The Bertz CT molecular complexity index is 923. The molecule has 5 heteroatoms. The second-order valence-electron chi connectivity index (χ2n) is 5.39. The third-order valence-corrected chi connectivity index (χ3v) is 4.85. The molecule has 0 atom stereocenters. The number of carbonyl (C=O) groups excluding carboxylic acids is 1.